The Morgan fingerprint density at radius 2 is 2.16 bits per heavy atom. The van der Waals surface area contributed by atoms with Crippen LogP contribution in [0.3, 0.4) is 0 Å². The average Bonchev–Trinajstić information content (AvgIpc) is 2.78. The Morgan fingerprint density at radius 1 is 1.42 bits per heavy atom. The fourth-order valence-corrected chi connectivity index (χ4v) is 3.08. The highest BCUT2D eigenvalue weighted by atomic mass is 19.1. The summed E-state index contributed by atoms with van der Waals surface area (Å²) in [6, 6.07) is 6.76. The highest BCUT2D eigenvalue weighted by Crippen LogP contribution is 2.34. The minimum absolute atomic E-state index is 0.0909. The first kappa shape index (κ1) is 14.3. The normalized spacial score (nSPS) is 24.8. The molecule has 0 radical (unpaired) electrons. The molecule has 1 heterocycles. The summed E-state index contributed by atoms with van der Waals surface area (Å²) >= 11 is 0. The first-order valence-corrected chi connectivity index (χ1v) is 7.33. The molecule has 1 fully saturated rings. The SMILES string of the molecule is CCC1CCC(C)N1c1ccc(C(C)NC)cc1F. The van der Waals surface area contributed by atoms with Crippen LogP contribution in [0.1, 0.15) is 51.6 Å². The largest absolute Gasteiger partial charge is 0.363 e. The van der Waals surface area contributed by atoms with Crippen LogP contribution >= 0.6 is 0 Å². The number of benzene rings is 1. The third-order valence-electron chi connectivity index (χ3n) is 4.44. The van der Waals surface area contributed by atoms with Gasteiger partial charge in [-0.3, -0.25) is 0 Å². The summed E-state index contributed by atoms with van der Waals surface area (Å²) in [7, 11) is 1.89. The molecule has 2 rings (SSSR count). The number of halogens is 1. The minimum Gasteiger partial charge on any atom is -0.363 e. The van der Waals surface area contributed by atoms with E-state index in [1.54, 1.807) is 6.07 Å². The van der Waals surface area contributed by atoms with E-state index < -0.39 is 0 Å². The Kier molecular flexibility index (Phi) is 4.46. The van der Waals surface area contributed by atoms with Crippen molar-refractivity contribution in [2.45, 2.75) is 58.2 Å². The van der Waals surface area contributed by atoms with Gasteiger partial charge in [-0.15, -0.1) is 0 Å². The van der Waals surface area contributed by atoms with Crippen molar-refractivity contribution in [3.8, 4) is 0 Å². The van der Waals surface area contributed by atoms with E-state index >= 15 is 0 Å². The quantitative estimate of drug-likeness (QED) is 0.888. The van der Waals surface area contributed by atoms with Crippen molar-refractivity contribution in [3.05, 3.63) is 29.6 Å². The third-order valence-corrected chi connectivity index (χ3v) is 4.44. The molecule has 106 valence electrons. The first-order valence-electron chi connectivity index (χ1n) is 7.33. The topological polar surface area (TPSA) is 15.3 Å². The lowest BCUT2D eigenvalue weighted by atomic mass is 10.1. The summed E-state index contributed by atoms with van der Waals surface area (Å²) in [6.45, 7) is 6.42. The molecule has 3 unspecified atom stereocenters. The number of hydrogen-bond acceptors (Lipinski definition) is 2. The van der Waals surface area contributed by atoms with Crippen molar-refractivity contribution in [2.24, 2.45) is 0 Å². The minimum atomic E-state index is -0.0909. The predicted octanol–water partition coefficient (Wildman–Crippen LogP) is 3.87. The van der Waals surface area contributed by atoms with Gasteiger partial charge in [-0.2, -0.15) is 0 Å². The highest BCUT2D eigenvalue weighted by molar-refractivity contribution is 5.52. The zero-order chi connectivity index (χ0) is 14.0. The van der Waals surface area contributed by atoms with E-state index in [1.165, 1.54) is 6.42 Å². The Bertz CT molecular complexity index is 433. The molecule has 0 bridgehead atoms. The number of nitrogens with zero attached hydrogens (tertiary/aromatic N) is 1. The van der Waals surface area contributed by atoms with Crippen molar-refractivity contribution in [1.82, 2.24) is 5.32 Å². The Labute approximate surface area is 116 Å². The van der Waals surface area contributed by atoms with E-state index in [1.807, 2.05) is 26.1 Å². The van der Waals surface area contributed by atoms with Crippen molar-refractivity contribution in [3.63, 3.8) is 0 Å². The fraction of sp³-hybridized carbons (Fsp3) is 0.625. The lowest BCUT2D eigenvalue weighted by Crippen LogP contribution is -2.34. The van der Waals surface area contributed by atoms with Crippen LogP contribution in [0.4, 0.5) is 10.1 Å². The summed E-state index contributed by atoms with van der Waals surface area (Å²) in [5.41, 5.74) is 1.77. The molecule has 1 aromatic rings. The van der Waals surface area contributed by atoms with Gasteiger partial charge >= 0.3 is 0 Å². The van der Waals surface area contributed by atoms with Gasteiger partial charge in [-0.05, 0) is 57.9 Å². The molecular formula is C16H25FN2. The second-order valence-corrected chi connectivity index (χ2v) is 5.62. The molecule has 1 aliphatic rings. The van der Waals surface area contributed by atoms with E-state index in [2.05, 4.69) is 24.1 Å². The lowest BCUT2D eigenvalue weighted by molar-refractivity contribution is 0.575. The maximum absolute atomic E-state index is 14.4. The predicted molar refractivity (Wildman–Crippen MR) is 79.1 cm³/mol. The van der Waals surface area contributed by atoms with Crippen molar-refractivity contribution >= 4 is 5.69 Å². The van der Waals surface area contributed by atoms with Crippen LogP contribution in [0.25, 0.3) is 0 Å². The van der Waals surface area contributed by atoms with Crippen molar-refractivity contribution in [1.29, 1.82) is 0 Å². The maximum atomic E-state index is 14.4. The fourth-order valence-electron chi connectivity index (χ4n) is 3.08. The van der Waals surface area contributed by atoms with E-state index in [0.717, 1.165) is 24.1 Å². The Balaban J connectivity index is 2.30. The van der Waals surface area contributed by atoms with Gasteiger partial charge in [-0.1, -0.05) is 13.0 Å². The van der Waals surface area contributed by atoms with Gasteiger partial charge in [0.25, 0.3) is 0 Å². The van der Waals surface area contributed by atoms with Crippen molar-refractivity contribution in [2.75, 3.05) is 11.9 Å². The van der Waals surface area contributed by atoms with Crippen LogP contribution in [-0.4, -0.2) is 19.1 Å². The van der Waals surface area contributed by atoms with Gasteiger partial charge in [0.05, 0.1) is 5.69 Å². The molecule has 0 aliphatic carbocycles. The van der Waals surface area contributed by atoms with Crippen LogP contribution in [0.5, 0.6) is 0 Å². The van der Waals surface area contributed by atoms with Gasteiger partial charge < -0.3 is 10.2 Å². The van der Waals surface area contributed by atoms with Gasteiger partial charge in [0, 0.05) is 18.1 Å². The molecule has 1 aromatic carbocycles. The van der Waals surface area contributed by atoms with Gasteiger partial charge in [0.1, 0.15) is 5.82 Å². The van der Waals surface area contributed by atoms with Crippen LogP contribution in [0, 0.1) is 5.82 Å². The molecule has 2 nitrogen and oxygen atoms in total. The highest BCUT2D eigenvalue weighted by Gasteiger charge is 2.31. The number of rotatable bonds is 4. The van der Waals surface area contributed by atoms with E-state index in [-0.39, 0.29) is 11.9 Å². The van der Waals surface area contributed by atoms with Gasteiger partial charge in [0.15, 0.2) is 0 Å². The third kappa shape index (κ3) is 2.76. The lowest BCUT2D eigenvalue weighted by Gasteiger charge is -2.31. The van der Waals surface area contributed by atoms with Crippen LogP contribution < -0.4 is 10.2 Å². The summed E-state index contributed by atoms with van der Waals surface area (Å²) in [5.74, 6) is -0.0909. The van der Waals surface area contributed by atoms with E-state index in [4.69, 9.17) is 0 Å². The zero-order valence-corrected chi connectivity index (χ0v) is 12.4. The van der Waals surface area contributed by atoms with Gasteiger partial charge in [0.2, 0.25) is 0 Å². The average molecular weight is 264 g/mol. The summed E-state index contributed by atoms with van der Waals surface area (Å²) < 4.78 is 14.4. The number of anilines is 1. The Hall–Kier alpha value is -1.09. The maximum Gasteiger partial charge on any atom is 0.146 e. The van der Waals surface area contributed by atoms with Gasteiger partial charge in [-0.25, -0.2) is 4.39 Å². The second-order valence-electron chi connectivity index (χ2n) is 5.62. The monoisotopic (exact) mass is 264 g/mol. The summed E-state index contributed by atoms with van der Waals surface area (Å²) in [6.07, 6.45) is 3.41. The van der Waals surface area contributed by atoms with E-state index in [0.29, 0.717) is 12.1 Å². The Morgan fingerprint density at radius 3 is 2.74 bits per heavy atom. The van der Waals surface area contributed by atoms with Crippen LogP contribution in [0.15, 0.2) is 18.2 Å². The summed E-state index contributed by atoms with van der Waals surface area (Å²) in [5, 5.41) is 3.15. The molecule has 19 heavy (non-hydrogen) atoms. The second kappa shape index (κ2) is 5.91. The molecule has 0 saturated carbocycles. The van der Waals surface area contributed by atoms with E-state index in [9.17, 15) is 4.39 Å². The molecule has 0 aromatic heterocycles. The van der Waals surface area contributed by atoms with Crippen LogP contribution in [0.2, 0.25) is 0 Å². The molecular weight excluding hydrogens is 239 g/mol. The molecule has 0 spiro atoms. The zero-order valence-electron chi connectivity index (χ0n) is 12.4. The summed E-state index contributed by atoms with van der Waals surface area (Å²) in [4.78, 5) is 2.27. The van der Waals surface area contributed by atoms with Crippen molar-refractivity contribution < 1.29 is 4.39 Å². The molecule has 3 heteroatoms. The number of nitrogens with one attached hydrogen (secondary N) is 1. The standard InChI is InChI=1S/C16H25FN2/c1-5-14-8-6-11(2)19(14)16-9-7-13(10-15(16)17)12(3)18-4/h7,9-12,14,18H,5-6,8H2,1-4H3. The molecule has 1 N–H and O–H groups in total. The molecule has 1 saturated heterocycles. The molecule has 1 aliphatic heterocycles. The number of hydrogen-bond donors (Lipinski definition) is 1. The first-order chi connectivity index (χ1) is 9.08. The van der Waals surface area contributed by atoms with Crippen LogP contribution in [-0.2, 0) is 0 Å². The molecule has 3 atom stereocenters. The molecule has 0 amide bonds. The smallest absolute Gasteiger partial charge is 0.146 e.